The second-order valence-corrected chi connectivity index (χ2v) is 4.47. The molecule has 0 aliphatic carbocycles. The topological polar surface area (TPSA) is 12.9 Å². The first-order valence-corrected chi connectivity index (χ1v) is 5.59. The molecule has 1 aromatic heterocycles. The van der Waals surface area contributed by atoms with Gasteiger partial charge >= 0.3 is 0 Å². The van der Waals surface area contributed by atoms with Gasteiger partial charge < -0.3 is 0 Å². The molecule has 0 radical (unpaired) electrons. The smallest absolute Gasteiger partial charge is 0.0707 e. The lowest BCUT2D eigenvalue weighted by Gasteiger charge is -2.08. The fourth-order valence-corrected chi connectivity index (χ4v) is 1.78. The Morgan fingerprint density at radius 3 is 2.25 bits per heavy atom. The predicted molar refractivity (Wildman–Crippen MR) is 68.6 cm³/mol. The Labute approximate surface area is 97.2 Å². The highest BCUT2D eigenvalue weighted by atomic mass is 14.7. The summed E-state index contributed by atoms with van der Waals surface area (Å²) in [7, 11) is 0. The Bertz CT molecular complexity index is 527. The Hall–Kier alpha value is -1.63. The van der Waals surface area contributed by atoms with Crippen molar-refractivity contribution in [3.05, 3.63) is 52.7 Å². The molecule has 0 spiro atoms. The van der Waals surface area contributed by atoms with Gasteiger partial charge in [-0.25, -0.2) is 0 Å². The van der Waals surface area contributed by atoms with Gasteiger partial charge in [0.2, 0.25) is 0 Å². The second kappa shape index (κ2) is 4.09. The Morgan fingerprint density at radius 1 is 0.812 bits per heavy atom. The summed E-state index contributed by atoms with van der Waals surface area (Å²) in [5, 5.41) is 0. The maximum absolute atomic E-state index is 4.51. The van der Waals surface area contributed by atoms with Gasteiger partial charge in [0.05, 0.1) is 5.69 Å². The molecule has 1 aromatic carbocycles. The SMILES string of the molecule is Cc1ccc(C)c(-c2cc(C)c(C)cn2)c1. The molecule has 1 heteroatoms. The van der Waals surface area contributed by atoms with E-state index in [1.807, 2.05) is 6.20 Å². The first kappa shape index (κ1) is 10.9. The third kappa shape index (κ3) is 1.99. The van der Waals surface area contributed by atoms with E-state index < -0.39 is 0 Å². The third-order valence-electron chi connectivity index (χ3n) is 3.04. The van der Waals surface area contributed by atoms with Crippen molar-refractivity contribution >= 4 is 0 Å². The monoisotopic (exact) mass is 211 g/mol. The van der Waals surface area contributed by atoms with Crippen LogP contribution in [0.2, 0.25) is 0 Å². The van der Waals surface area contributed by atoms with Crippen molar-refractivity contribution in [2.45, 2.75) is 27.7 Å². The average Bonchev–Trinajstić information content (AvgIpc) is 2.26. The van der Waals surface area contributed by atoms with E-state index in [9.17, 15) is 0 Å². The molecule has 2 aromatic rings. The standard InChI is InChI=1S/C15H17N/c1-10-5-6-11(2)14(7-10)15-8-12(3)13(4)9-16-15/h5-9H,1-4H3. The minimum atomic E-state index is 1.07. The number of aryl methyl sites for hydroxylation is 4. The molecule has 0 aliphatic heterocycles. The zero-order valence-corrected chi connectivity index (χ0v) is 10.3. The van der Waals surface area contributed by atoms with Crippen LogP contribution in [0, 0.1) is 27.7 Å². The van der Waals surface area contributed by atoms with Crippen molar-refractivity contribution in [1.29, 1.82) is 0 Å². The summed E-state index contributed by atoms with van der Waals surface area (Å²) in [4.78, 5) is 4.51. The molecule has 0 atom stereocenters. The summed E-state index contributed by atoms with van der Waals surface area (Å²) in [5.74, 6) is 0. The molecule has 0 fully saturated rings. The van der Waals surface area contributed by atoms with Crippen molar-refractivity contribution < 1.29 is 0 Å². The Morgan fingerprint density at radius 2 is 1.56 bits per heavy atom. The van der Waals surface area contributed by atoms with Crippen molar-refractivity contribution in [3.63, 3.8) is 0 Å². The maximum Gasteiger partial charge on any atom is 0.0707 e. The number of hydrogen-bond donors (Lipinski definition) is 0. The zero-order chi connectivity index (χ0) is 11.7. The van der Waals surface area contributed by atoms with E-state index in [-0.39, 0.29) is 0 Å². The highest BCUT2D eigenvalue weighted by Gasteiger charge is 2.04. The average molecular weight is 211 g/mol. The summed E-state index contributed by atoms with van der Waals surface area (Å²) < 4.78 is 0. The van der Waals surface area contributed by atoms with Gasteiger partial charge in [-0.1, -0.05) is 17.7 Å². The normalized spacial score (nSPS) is 10.5. The third-order valence-corrected chi connectivity index (χ3v) is 3.04. The van der Waals surface area contributed by atoms with Crippen LogP contribution in [0.5, 0.6) is 0 Å². The summed E-state index contributed by atoms with van der Waals surface area (Å²) in [5.41, 5.74) is 7.41. The predicted octanol–water partition coefficient (Wildman–Crippen LogP) is 3.98. The van der Waals surface area contributed by atoms with Crippen LogP contribution in [0.1, 0.15) is 22.3 Å². The molecule has 0 bridgehead atoms. The Kier molecular flexibility index (Phi) is 2.78. The van der Waals surface area contributed by atoms with Crippen molar-refractivity contribution in [1.82, 2.24) is 4.98 Å². The molecule has 0 N–H and O–H groups in total. The molecule has 82 valence electrons. The summed E-state index contributed by atoms with van der Waals surface area (Å²) >= 11 is 0. The van der Waals surface area contributed by atoms with Crippen molar-refractivity contribution in [2.75, 3.05) is 0 Å². The molecule has 0 aliphatic rings. The van der Waals surface area contributed by atoms with E-state index in [0.717, 1.165) is 5.69 Å². The molecule has 1 heterocycles. The molecule has 16 heavy (non-hydrogen) atoms. The van der Waals surface area contributed by atoms with Gasteiger partial charge in [-0.15, -0.1) is 0 Å². The molecular weight excluding hydrogens is 194 g/mol. The van der Waals surface area contributed by atoms with Gasteiger partial charge in [-0.3, -0.25) is 4.98 Å². The van der Waals surface area contributed by atoms with E-state index in [0.29, 0.717) is 0 Å². The molecule has 0 unspecified atom stereocenters. The largest absolute Gasteiger partial charge is 0.256 e. The van der Waals surface area contributed by atoms with Crippen LogP contribution >= 0.6 is 0 Å². The van der Waals surface area contributed by atoms with Gasteiger partial charge in [-0.2, -0.15) is 0 Å². The zero-order valence-electron chi connectivity index (χ0n) is 10.3. The van der Waals surface area contributed by atoms with Gasteiger partial charge in [0.15, 0.2) is 0 Å². The van der Waals surface area contributed by atoms with Crippen LogP contribution in [-0.4, -0.2) is 4.98 Å². The molecule has 0 amide bonds. The summed E-state index contributed by atoms with van der Waals surface area (Å²) in [6.07, 6.45) is 1.95. The van der Waals surface area contributed by atoms with E-state index in [4.69, 9.17) is 0 Å². The van der Waals surface area contributed by atoms with Crippen LogP contribution in [0.3, 0.4) is 0 Å². The van der Waals surface area contributed by atoms with Crippen LogP contribution in [-0.2, 0) is 0 Å². The van der Waals surface area contributed by atoms with Crippen LogP contribution in [0.4, 0.5) is 0 Å². The summed E-state index contributed by atoms with van der Waals surface area (Å²) in [6, 6.07) is 8.66. The Balaban J connectivity index is 2.58. The van der Waals surface area contributed by atoms with Gasteiger partial charge in [0.1, 0.15) is 0 Å². The van der Waals surface area contributed by atoms with Crippen LogP contribution in [0.15, 0.2) is 30.5 Å². The molecule has 1 nitrogen and oxygen atoms in total. The highest BCUT2D eigenvalue weighted by molar-refractivity contribution is 5.65. The minimum Gasteiger partial charge on any atom is -0.256 e. The highest BCUT2D eigenvalue weighted by Crippen LogP contribution is 2.24. The first-order chi connectivity index (χ1) is 7.58. The lowest BCUT2D eigenvalue weighted by molar-refractivity contribution is 1.21. The number of hydrogen-bond acceptors (Lipinski definition) is 1. The number of nitrogens with zero attached hydrogens (tertiary/aromatic N) is 1. The van der Waals surface area contributed by atoms with E-state index in [1.165, 1.54) is 27.8 Å². The number of pyridine rings is 1. The number of aromatic nitrogens is 1. The molecular formula is C15H17N. The van der Waals surface area contributed by atoms with E-state index >= 15 is 0 Å². The maximum atomic E-state index is 4.51. The van der Waals surface area contributed by atoms with Crippen LogP contribution < -0.4 is 0 Å². The summed E-state index contributed by atoms with van der Waals surface area (Å²) in [6.45, 7) is 8.47. The molecule has 0 saturated heterocycles. The van der Waals surface area contributed by atoms with Crippen LogP contribution in [0.25, 0.3) is 11.3 Å². The van der Waals surface area contributed by atoms with Crippen molar-refractivity contribution in [2.24, 2.45) is 0 Å². The quantitative estimate of drug-likeness (QED) is 0.695. The van der Waals surface area contributed by atoms with E-state index in [1.54, 1.807) is 0 Å². The lowest BCUT2D eigenvalue weighted by Crippen LogP contribution is -1.91. The number of benzene rings is 1. The fourth-order valence-electron chi connectivity index (χ4n) is 1.78. The van der Waals surface area contributed by atoms with E-state index in [2.05, 4.69) is 56.9 Å². The minimum absolute atomic E-state index is 1.07. The fraction of sp³-hybridized carbons (Fsp3) is 0.267. The second-order valence-electron chi connectivity index (χ2n) is 4.47. The lowest BCUT2D eigenvalue weighted by atomic mass is 10.0. The first-order valence-electron chi connectivity index (χ1n) is 5.59. The van der Waals surface area contributed by atoms with Crippen molar-refractivity contribution in [3.8, 4) is 11.3 Å². The van der Waals surface area contributed by atoms with Gasteiger partial charge in [-0.05, 0) is 56.5 Å². The molecule has 2 rings (SSSR count). The van der Waals surface area contributed by atoms with Gasteiger partial charge in [0, 0.05) is 11.8 Å². The molecule has 0 saturated carbocycles. The number of rotatable bonds is 1. The van der Waals surface area contributed by atoms with Gasteiger partial charge in [0.25, 0.3) is 0 Å².